The number of hydrogen-bond acceptors (Lipinski definition) is 2. The molecule has 0 saturated heterocycles. The predicted octanol–water partition coefficient (Wildman–Crippen LogP) is 2.20. The highest BCUT2D eigenvalue weighted by Gasteiger charge is 2.07. The molecule has 0 unspecified atom stereocenters. The van der Waals surface area contributed by atoms with Crippen LogP contribution in [0.3, 0.4) is 0 Å². The van der Waals surface area contributed by atoms with Crippen LogP contribution in [-0.2, 0) is 0 Å². The lowest BCUT2D eigenvalue weighted by molar-refractivity contribution is 0.618. The van der Waals surface area contributed by atoms with Crippen LogP contribution in [0.5, 0.6) is 0 Å². The first-order valence-electron chi connectivity index (χ1n) is 4.41. The van der Waals surface area contributed by atoms with Gasteiger partial charge in [0.25, 0.3) is 0 Å². The summed E-state index contributed by atoms with van der Waals surface area (Å²) in [6, 6.07) is 4.30. The summed E-state index contributed by atoms with van der Waals surface area (Å²) in [4.78, 5) is 4.31. The van der Waals surface area contributed by atoms with Crippen LogP contribution in [0.2, 0.25) is 0 Å². The van der Waals surface area contributed by atoms with E-state index < -0.39 is 0 Å². The van der Waals surface area contributed by atoms with Gasteiger partial charge in [-0.2, -0.15) is 0 Å². The normalized spacial score (nSPS) is 11.3. The van der Waals surface area contributed by atoms with Crippen molar-refractivity contribution in [3.63, 3.8) is 0 Å². The van der Waals surface area contributed by atoms with Crippen molar-refractivity contribution in [1.82, 2.24) is 9.55 Å². The molecule has 3 nitrogen and oxygen atoms in total. The Morgan fingerprint density at radius 1 is 1.46 bits per heavy atom. The second kappa shape index (κ2) is 2.76. The molecule has 0 atom stereocenters. The maximum absolute atomic E-state index is 5.85. The lowest BCUT2D eigenvalue weighted by Gasteiger charge is -2.06. The summed E-state index contributed by atoms with van der Waals surface area (Å²) in [6.45, 7) is 4.24. The van der Waals surface area contributed by atoms with Gasteiger partial charge in [-0.1, -0.05) is 0 Å². The van der Waals surface area contributed by atoms with Crippen molar-refractivity contribution in [3.8, 4) is 0 Å². The minimum atomic E-state index is 0.398. The van der Waals surface area contributed by atoms with Gasteiger partial charge >= 0.3 is 0 Å². The average Bonchev–Trinajstić information content (AvgIpc) is 2.45. The number of fused-ring (bicyclic) bond motifs is 1. The molecular weight excluding hydrogens is 162 g/mol. The fraction of sp³-hybridized carbons (Fsp3) is 0.300. The smallest absolute Gasteiger partial charge is 0.142 e. The Balaban J connectivity index is 2.78. The zero-order chi connectivity index (χ0) is 9.42. The standard InChI is InChI=1S/C10H13N3/c1-7(2)13-6-9(11)8-4-3-5-12-10(8)13/h3-7H,11H2,1-2H3. The quantitative estimate of drug-likeness (QED) is 0.722. The third-order valence-electron chi connectivity index (χ3n) is 2.18. The Hall–Kier alpha value is -1.51. The van der Waals surface area contributed by atoms with Crippen LogP contribution in [0, 0.1) is 0 Å². The first kappa shape index (κ1) is 8.10. The van der Waals surface area contributed by atoms with Crippen LogP contribution in [0.15, 0.2) is 24.5 Å². The minimum Gasteiger partial charge on any atom is -0.397 e. The van der Waals surface area contributed by atoms with Gasteiger partial charge in [0.15, 0.2) is 0 Å². The van der Waals surface area contributed by atoms with E-state index in [1.807, 2.05) is 18.3 Å². The molecule has 0 bridgehead atoms. The van der Waals surface area contributed by atoms with Gasteiger partial charge in [-0.05, 0) is 26.0 Å². The summed E-state index contributed by atoms with van der Waals surface area (Å²) in [7, 11) is 0. The number of nitrogens with two attached hydrogens (primary N) is 1. The molecule has 0 aliphatic heterocycles. The molecule has 2 heterocycles. The lowest BCUT2D eigenvalue weighted by atomic mass is 10.3. The Morgan fingerprint density at radius 3 is 2.92 bits per heavy atom. The second-order valence-corrected chi connectivity index (χ2v) is 3.46. The molecule has 2 N–H and O–H groups in total. The van der Waals surface area contributed by atoms with Crippen molar-refractivity contribution in [2.24, 2.45) is 0 Å². The molecule has 68 valence electrons. The Morgan fingerprint density at radius 2 is 2.23 bits per heavy atom. The van der Waals surface area contributed by atoms with Crippen LogP contribution in [0.25, 0.3) is 11.0 Å². The summed E-state index contributed by atoms with van der Waals surface area (Å²) in [5, 5.41) is 1.04. The summed E-state index contributed by atoms with van der Waals surface area (Å²) in [5.74, 6) is 0. The Labute approximate surface area is 77.2 Å². The number of nitrogen functional groups attached to an aromatic ring is 1. The molecule has 0 aromatic carbocycles. The number of anilines is 1. The Kier molecular flexibility index (Phi) is 1.72. The highest BCUT2D eigenvalue weighted by molar-refractivity contribution is 5.89. The van der Waals surface area contributed by atoms with E-state index in [-0.39, 0.29) is 0 Å². The highest BCUT2D eigenvalue weighted by atomic mass is 15.1. The fourth-order valence-corrected chi connectivity index (χ4v) is 1.50. The second-order valence-electron chi connectivity index (χ2n) is 3.46. The van der Waals surface area contributed by atoms with Gasteiger partial charge in [-0.25, -0.2) is 4.98 Å². The summed E-state index contributed by atoms with van der Waals surface area (Å²) in [6.07, 6.45) is 3.74. The largest absolute Gasteiger partial charge is 0.397 e. The minimum absolute atomic E-state index is 0.398. The molecule has 0 fully saturated rings. The predicted molar refractivity (Wildman–Crippen MR) is 54.5 cm³/mol. The van der Waals surface area contributed by atoms with Gasteiger partial charge in [0.1, 0.15) is 5.65 Å². The number of pyridine rings is 1. The third-order valence-corrected chi connectivity index (χ3v) is 2.18. The van der Waals surface area contributed by atoms with Gasteiger partial charge in [-0.3, -0.25) is 0 Å². The highest BCUT2D eigenvalue weighted by Crippen LogP contribution is 2.23. The number of hydrogen-bond donors (Lipinski definition) is 1. The van der Waals surface area contributed by atoms with E-state index in [2.05, 4.69) is 23.4 Å². The summed E-state index contributed by atoms with van der Waals surface area (Å²) >= 11 is 0. The molecule has 2 aromatic heterocycles. The summed E-state index contributed by atoms with van der Waals surface area (Å²) < 4.78 is 2.09. The van der Waals surface area contributed by atoms with E-state index >= 15 is 0 Å². The van der Waals surface area contributed by atoms with Gasteiger partial charge in [0, 0.05) is 23.8 Å². The van der Waals surface area contributed by atoms with Gasteiger partial charge in [0.05, 0.1) is 5.69 Å². The zero-order valence-corrected chi connectivity index (χ0v) is 7.86. The number of aromatic nitrogens is 2. The van der Waals surface area contributed by atoms with Gasteiger partial charge in [0.2, 0.25) is 0 Å². The molecule has 13 heavy (non-hydrogen) atoms. The van der Waals surface area contributed by atoms with E-state index in [0.29, 0.717) is 6.04 Å². The number of nitrogens with zero attached hydrogens (tertiary/aromatic N) is 2. The molecule has 3 heteroatoms. The molecule has 0 aliphatic carbocycles. The molecule has 0 radical (unpaired) electrons. The third kappa shape index (κ3) is 1.16. The van der Waals surface area contributed by atoms with E-state index in [4.69, 9.17) is 5.73 Å². The van der Waals surface area contributed by atoms with Crippen molar-refractivity contribution >= 4 is 16.7 Å². The van der Waals surface area contributed by atoms with Crippen LogP contribution < -0.4 is 5.73 Å². The van der Waals surface area contributed by atoms with Crippen LogP contribution in [0.4, 0.5) is 5.69 Å². The van der Waals surface area contributed by atoms with Gasteiger partial charge in [-0.15, -0.1) is 0 Å². The van der Waals surface area contributed by atoms with Crippen molar-refractivity contribution in [2.45, 2.75) is 19.9 Å². The van der Waals surface area contributed by atoms with E-state index in [1.165, 1.54) is 0 Å². The van der Waals surface area contributed by atoms with Gasteiger partial charge < -0.3 is 10.3 Å². The van der Waals surface area contributed by atoms with E-state index in [9.17, 15) is 0 Å². The maximum atomic E-state index is 5.85. The average molecular weight is 175 g/mol. The van der Waals surface area contributed by atoms with Crippen LogP contribution in [-0.4, -0.2) is 9.55 Å². The van der Waals surface area contributed by atoms with Crippen LogP contribution >= 0.6 is 0 Å². The molecule has 2 aromatic rings. The maximum Gasteiger partial charge on any atom is 0.142 e. The van der Waals surface area contributed by atoms with Crippen molar-refractivity contribution in [3.05, 3.63) is 24.5 Å². The SMILES string of the molecule is CC(C)n1cc(N)c2cccnc21. The molecular formula is C10H13N3. The van der Waals surface area contributed by atoms with E-state index in [1.54, 1.807) is 6.20 Å². The van der Waals surface area contributed by atoms with Crippen LogP contribution in [0.1, 0.15) is 19.9 Å². The number of rotatable bonds is 1. The molecule has 0 amide bonds. The molecule has 0 aliphatic rings. The van der Waals surface area contributed by atoms with E-state index in [0.717, 1.165) is 16.7 Å². The monoisotopic (exact) mass is 175 g/mol. The first-order valence-corrected chi connectivity index (χ1v) is 4.41. The molecule has 0 saturated carbocycles. The fourth-order valence-electron chi connectivity index (χ4n) is 1.50. The lowest BCUT2D eigenvalue weighted by Crippen LogP contribution is -1.99. The molecule has 0 spiro atoms. The topological polar surface area (TPSA) is 43.8 Å². The van der Waals surface area contributed by atoms with Crippen molar-refractivity contribution in [1.29, 1.82) is 0 Å². The van der Waals surface area contributed by atoms with Crippen molar-refractivity contribution in [2.75, 3.05) is 5.73 Å². The zero-order valence-electron chi connectivity index (χ0n) is 7.86. The first-order chi connectivity index (χ1) is 6.20. The summed E-state index contributed by atoms with van der Waals surface area (Å²) in [5.41, 5.74) is 7.62. The molecule has 2 rings (SSSR count). The Bertz CT molecular complexity index is 429. The van der Waals surface area contributed by atoms with Crippen molar-refractivity contribution < 1.29 is 0 Å².